The Morgan fingerprint density at radius 1 is 1.50 bits per heavy atom. The number of rotatable bonds is 4. The molecule has 6 heteroatoms. The van der Waals surface area contributed by atoms with Gasteiger partial charge in [0.1, 0.15) is 0 Å². The molecule has 18 heavy (non-hydrogen) atoms. The van der Waals surface area contributed by atoms with E-state index in [9.17, 15) is 4.79 Å². The van der Waals surface area contributed by atoms with Crippen molar-refractivity contribution in [3.05, 3.63) is 41.7 Å². The van der Waals surface area contributed by atoms with Crippen LogP contribution in [0.4, 0.5) is 11.4 Å². The number of nitrogen functional groups attached to an aromatic ring is 1. The first-order valence-electron chi connectivity index (χ1n) is 5.47. The van der Waals surface area contributed by atoms with Gasteiger partial charge in [0.05, 0.1) is 11.8 Å². The van der Waals surface area contributed by atoms with E-state index in [1.165, 1.54) is 0 Å². The van der Waals surface area contributed by atoms with Gasteiger partial charge in [0.15, 0.2) is 0 Å². The fourth-order valence-corrected chi connectivity index (χ4v) is 1.68. The normalized spacial score (nSPS) is 10.3. The summed E-state index contributed by atoms with van der Waals surface area (Å²) >= 11 is 0. The number of nitrogens with two attached hydrogens (primary N) is 2. The Hall–Kier alpha value is -2.50. The predicted octanol–water partition coefficient (Wildman–Crippen LogP) is 0.713. The molecular formula is C12H15N5O. The lowest BCUT2D eigenvalue weighted by Gasteiger charge is -2.09. The smallest absolute Gasteiger partial charge is 0.250 e. The fraction of sp³-hybridized carbons (Fsp3) is 0.167. The number of benzene rings is 1. The molecule has 0 atom stereocenters. The van der Waals surface area contributed by atoms with Gasteiger partial charge in [-0.25, -0.2) is 0 Å². The molecular weight excluding hydrogens is 230 g/mol. The summed E-state index contributed by atoms with van der Waals surface area (Å²) in [5, 5.41) is 7.20. The standard InChI is InChI=1S/C12H15N5O/c1-17-7-8(6-16-17)5-15-11-4-9(13)2-3-10(11)12(14)18/h2-4,6-7,15H,5,13H2,1H3,(H2,14,18). The van der Waals surface area contributed by atoms with Crippen LogP contribution in [0.25, 0.3) is 0 Å². The van der Waals surface area contributed by atoms with Gasteiger partial charge in [-0.05, 0) is 18.2 Å². The topological polar surface area (TPSA) is 99.0 Å². The first-order valence-corrected chi connectivity index (χ1v) is 5.47. The molecule has 0 fully saturated rings. The monoisotopic (exact) mass is 245 g/mol. The molecule has 1 amide bonds. The van der Waals surface area contributed by atoms with Crippen LogP contribution in [0.3, 0.4) is 0 Å². The quantitative estimate of drug-likeness (QED) is 0.691. The van der Waals surface area contributed by atoms with Crippen LogP contribution in [0, 0.1) is 0 Å². The summed E-state index contributed by atoms with van der Waals surface area (Å²) in [5.41, 5.74) is 13.6. The van der Waals surface area contributed by atoms with E-state index in [0.717, 1.165) is 5.56 Å². The summed E-state index contributed by atoms with van der Waals surface area (Å²) in [6.07, 6.45) is 3.65. The summed E-state index contributed by atoms with van der Waals surface area (Å²) in [5.74, 6) is -0.483. The molecule has 0 radical (unpaired) electrons. The van der Waals surface area contributed by atoms with E-state index in [-0.39, 0.29) is 0 Å². The Labute approximate surface area is 105 Å². The number of carbonyl (C=O) groups is 1. The maximum Gasteiger partial charge on any atom is 0.250 e. The summed E-state index contributed by atoms with van der Waals surface area (Å²) in [7, 11) is 1.85. The molecule has 1 aromatic carbocycles. The number of anilines is 2. The number of primary amides is 1. The third-order valence-corrected chi connectivity index (χ3v) is 2.55. The van der Waals surface area contributed by atoms with Gasteiger partial charge in [-0.2, -0.15) is 5.10 Å². The SMILES string of the molecule is Cn1cc(CNc2cc(N)ccc2C(N)=O)cn1. The van der Waals surface area contributed by atoms with Gasteiger partial charge < -0.3 is 16.8 Å². The second-order valence-electron chi connectivity index (χ2n) is 4.05. The van der Waals surface area contributed by atoms with Crippen LogP contribution in [-0.4, -0.2) is 15.7 Å². The van der Waals surface area contributed by atoms with Gasteiger partial charge in [0, 0.05) is 36.7 Å². The van der Waals surface area contributed by atoms with Gasteiger partial charge in [-0.15, -0.1) is 0 Å². The fourth-order valence-electron chi connectivity index (χ4n) is 1.68. The molecule has 6 nitrogen and oxygen atoms in total. The summed E-state index contributed by atoms with van der Waals surface area (Å²) in [6, 6.07) is 4.95. The molecule has 2 aromatic rings. The molecule has 1 heterocycles. The van der Waals surface area contributed by atoms with Crippen LogP contribution in [0.15, 0.2) is 30.6 Å². The minimum absolute atomic E-state index is 0.424. The van der Waals surface area contributed by atoms with Gasteiger partial charge in [-0.3, -0.25) is 9.48 Å². The highest BCUT2D eigenvalue weighted by Gasteiger charge is 2.08. The van der Waals surface area contributed by atoms with E-state index >= 15 is 0 Å². The number of nitrogens with zero attached hydrogens (tertiary/aromatic N) is 2. The van der Waals surface area contributed by atoms with Crippen LogP contribution in [0.5, 0.6) is 0 Å². The zero-order valence-corrected chi connectivity index (χ0v) is 10.1. The Morgan fingerprint density at radius 3 is 2.89 bits per heavy atom. The van der Waals surface area contributed by atoms with Crippen LogP contribution >= 0.6 is 0 Å². The Kier molecular flexibility index (Phi) is 3.18. The molecule has 0 unspecified atom stereocenters. The van der Waals surface area contributed by atoms with E-state index in [1.54, 1.807) is 29.1 Å². The first-order chi connectivity index (χ1) is 8.56. The highest BCUT2D eigenvalue weighted by atomic mass is 16.1. The highest BCUT2D eigenvalue weighted by molar-refractivity contribution is 5.99. The Bertz CT molecular complexity index is 576. The lowest BCUT2D eigenvalue weighted by atomic mass is 10.1. The lowest BCUT2D eigenvalue weighted by Crippen LogP contribution is -2.14. The molecule has 5 N–H and O–H groups in total. The number of hydrogen-bond acceptors (Lipinski definition) is 4. The molecule has 1 aromatic heterocycles. The molecule has 0 saturated carbocycles. The van der Waals surface area contributed by atoms with Crippen molar-refractivity contribution in [1.82, 2.24) is 9.78 Å². The molecule has 0 spiro atoms. The number of aryl methyl sites for hydroxylation is 1. The number of nitrogens with one attached hydrogen (secondary N) is 1. The summed E-state index contributed by atoms with van der Waals surface area (Å²) in [6.45, 7) is 0.553. The largest absolute Gasteiger partial charge is 0.399 e. The van der Waals surface area contributed by atoms with E-state index < -0.39 is 5.91 Å². The van der Waals surface area contributed by atoms with Gasteiger partial charge >= 0.3 is 0 Å². The molecule has 2 rings (SSSR count). The van der Waals surface area contributed by atoms with Crippen molar-refractivity contribution >= 4 is 17.3 Å². The Balaban J connectivity index is 2.17. The van der Waals surface area contributed by atoms with Crippen LogP contribution < -0.4 is 16.8 Å². The van der Waals surface area contributed by atoms with Gasteiger partial charge in [-0.1, -0.05) is 0 Å². The molecule has 0 saturated heterocycles. The van der Waals surface area contributed by atoms with Crippen molar-refractivity contribution in [2.24, 2.45) is 12.8 Å². The average molecular weight is 245 g/mol. The van der Waals surface area contributed by atoms with Gasteiger partial charge in [0.2, 0.25) is 0 Å². The van der Waals surface area contributed by atoms with Crippen molar-refractivity contribution in [3.8, 4) is 0 Å². The molecule has 0 aliphatic heterocycles. The highest BCUT2D eigenvalue weighted by Crippen LogP contribution is 2.19. The van der Waals surface area contributed by atoms with Crippen LogP contribution in [-0.2, 0) is 13.6 Å². The van der Waals surface area contributed by atoms with E-state index in [4.69, 9.17) is 11.5 Å². The van der Waals surface area contributed by atoms with Crippen molar-refractivity contribution in [1.29, 1.82) is 0 Å². The lowest BCUT2D eigenvalue weighted by molar-refractivity contribution is 0.100. The second kappa shape index (κ2) is 4.79. The maximum atomic E-state index is 11.3. The zero-order valence-electron chi connectivity index (χ0n) is 10.1. The average Bonchev–Trinajstić information content (AvgIpc) is 2.72. The van der Waals surface area contributed by atoms with Gasteiger partial charge in [0.25, 0.3) is 5.91 Å². The van der Waals surface area contributed by atoms with Crippen LogP contribution in [0.2, 0.25) is 0 Å². The second-order valence-corrected chi connectivity index (χ2v) is 4.05. The minimum Gasteiger partial charge on any atom is -0.399 e. The number of aromatic nitrogens is 2. The van der Waals surface area contributed by atoms with E-state index in [1.807, 2.05) is 13.2 Å². The minimum atomic E-state index is -0.483. The predicted molar refractivity (Wildman–Crippen MR) is 69.9 cm³/mol. The van der Waals surface area contributed by atoms with Crippen LogP contribution in [0.1, 0.15) is 15.9 Å². The first kappa shape index (κ1) is 12.0. The number of amides is 1. The maximum absolute atomic E-state index is 11.3. The van der Waals surface area contributed by atoms with Crippen molar-refractivity contribution in [2.75, 3.05) is 11.1 Å². The van der Waals surface area contributed by atoms with Crippen molar-refractivity contribution in [2.45, 2.75) is 6.54 Å². The van der Waals surface area contributed by atoms with Crippen molar-refractivity contribution < 1.29 is 4.79 Å². The summed E-state index contributed by atoms with van der Waals surface area (Å²) < 4.78 is 1.71. The summed E-state index contributed by atoms with van der Waals surface area (Å²) in [4.78, 5) is 11.3. The molecule has 94 valence electrons. The molecule has 0 bridgehead atoms. The zero-order chi connectivity index (χ0) is 13.1. The van der Waals surface area contributed by atoms with E-state index in [0.29, 0.717) is 23.5 Å². The third-order valence-electron chi connectivity index (χ3n) is 2.55. The third kappa shape index (κ3) is 2.60. The molecule has 0 aliphatic rings. The number of carbonyl (C=O) groups excluding carboxylic acids is 1. The van der Waals surface area contributed by atoms with E-state index in [2.05, 4.69) is 10.4 Å². The molecule has 0 aliphatic carbocycles. The van der Waals surface area contributed by atoms with Crippen molar-refractivity contribution in [3.63, 3.8) is 0 Å². The number of hydrogen-bond donors (Lipinski definition) is 3. The Morgan fingerprint density at radius 2 is 2.28 bits per heavy atom.